The second-order valence-electron chi connectivity index (χ2n) is 6.27. The standard InChI is InChI=1S/C17H20N6S/c18-15(19)12-3-7-23(8-4-12)10-11-1-2-14-13(9-11)22-16-17(24-14)21-6-5-20-16/h1-2,5-6,9,12H,3-4,7-8,10H2,(H3,18,19)(H,20,22). The van der Waals surface area contributed by atoms with Gasteiger partial charge in [0.25, 0.3) is 0 Å². The lowest BCUT2D eigenvalue weighted by Crippen LogP contribution is -2.37. The number of anilines is 2. The number of fused-ring (bicyclic) bond motifs is 2. The van der Waals surface area contributed by atoms with Crippen molar-refractivity contribution in [3.8, 4) is 0 Å². The highest BCUT2D eigenvalue weighted by Gasteiger charge is 2.22. The van der Waals surface area contributed by atoms with E-state index < -0.39 is 0 Å². The molecule has 1 aromatic heterocycles. The van der Waals surface area contributed by atoms with Crippen molar-refractivity contribution >= 4 is 29.1 Å². The van der Waals surface area contributed by atoms with Crippen molar-refractivity contribution in [3.63, 3.8) is 0 Å². The van der Waals surface area contributed by atoms with E-state index in [2.05, 4.69) is 38.4 Å². The molecule has 0 amide bonds. The van der Waals surface area contributed by atoms with Crippen LogP contribution < -0.4 is 11.1 Å². The van der Waals surface area contributed by atoms with Crippen molar-refractivity contribution in [3.05, 3.63) is 36.2 Å². The van der Waals surface area contributed by atoms with Gasteiger partial charge in [0.2, 0.25) is 0 Å². The SMILES string of the molecule is N=C(N)C1CCN(Cc2ccc3c(c2)Nc2nccnc2S3)CC1. The van der Waals surface area contributed by atoms with Crippen LogP contribution in [0.3, 0.4) is 0 Å². The van der Waals surface area contributed by atoms with Crippen molar-refractivity contribution in [1.82, 2.24) is 14.9 Å². The molecule has 0 saturated carbocycles. The number of piperidine rings is 1. The topological polar surface area (TPSA) is 90.9 Å². The van der Waals surface area contributed by atoms with Gasteiger partial charge in [-0.25, -0.2) is 9.97 Å². The van der Waals surface area contributed by atoms with E-state index in [1.54, 1.807) is 24.2 Å². The van der Waals surface area contributed by atoms with Gasteiger partial charge in [-0.05, 0) is 43.6 Å². The van der Waals surface area contributed by atoms with E-state index in [4.69, 9.17) is 11.1 Å². The molecule has 2 aliphatic rings. The molecule has 124 valence electrons. The Labute approximate surface area is 145 Å². The molecular formula is C17H20N6S. The van der Waals surface area contributed by atoms with Crippen LogP contribution in [0.25, 0.3) is 0 Å². The smallest absolute Gasteiger partial charge is 0.163 e. The molecule has 1 fully saturated rings. The number of hydrogen-bond acceptors (Lipinski definition) is 6. The molecule has 0 aliphatic carbocycles. The average molecular weight is 340 g/mol. The molecule has 4 N–H and O–H groups in total. The largest absolute Gasteiger partial charge is 0.387 e. The van der Waals surface area contributed by atoms with Gasteiger partial charge < -0.3 is 11.1 Å². The summed E-state index contributed by atoms with van der Waals surface area (Å²) in [6.45, 7) is 2.92. The Balaban J connectivity index is 1.45. The molecule has 1 saturated heterocycles. The zero-order valence-corrected chi connectivity index (χ0v) is 14.1. The van der Waals surface area contributed by atoms with Crippen molar-refractivity contribution < 1.29 is 0 Å². The molecule has 0 bridgehead atoms. The van der Waals surface area contributed by atoms with Crippen LogP contribution >= 0.6 is 11.8 Å². The fraction of sp³-hybridized carbons (Fsp3) is 0.353. The highest BCUT2D eigenvalue weighted by molar-refractivity contribution is 7.99. The number of nitrogens with one attached hydrogen (secondary N) is 2. The Morgan fingerprint density at radius 1 is 1.29 bits per heavy atom. The molecule has 3 heterocycles. The van der Waals surface area contributed by atoms with Crippen LogP contribution in [0.15, 0.2) is 40.5 Å². The minimum Gasteiger partial charge on any atom is -0.387 e. The summed E-state index contributed by atoms with van der Waals surface area (Å²) in [5, 5.41) is 11.9. The van der Waals surface area contributed by atoms with Gasteiger partial charge in [-0.2, -0.15) is 0 Å². The summed E-state index contributed by atoms with van der Waals surface area (Å²) in [6, 6.07) is 6.55. The van der Waals surface area contributed by atoms with Crippen LogP contribution in [-0.4, -0.2) is 33.8 Å². The molecule has 6 nitrogen and oxygen atoms in total. The maximum absolute atomic E-state index is 7.58. The second-order valence-corrected chi connectivity index (χ2v) is 7.30. The lowest BCUT2D eigenvalue weighted by Gasteiger charge is -2.31. The molecule has 24 heavy (non-hydrogen) atoms. The van der Waals surface area contributed by atoms with Crippen LogP contribution in [0.4, 0.5) is 11.5 Å². The Hall–Kier alpha value is -2.12. The normalized spacial score (nSPS) is 17.7. The van der Waals surface area contributed by atoms with Gasteiger partial charge >= 0.3 is 0 Å². The van der Waals surface area contributed by atoms with E-state index >= 15 is 0 Å². The summed E-state index contributed by atoms with van der Waals surface area (Å²) in [7, 11) is 0. The first kappa shape index (κ1) is 15.4. The van der Waals surface area contributed by atoms with Crippen molar-refractivity contribution in [2.45, 2.75) is 29.3 Å². The van der Waals surface area contributed by atoms with Gasteiger partial charge in [0, 0.05) is 29.8 Å². The summed E-state index contributed by atoms with van der Waals surface area (Å²) in [5.41, 5.74) is 8.01. The number of aromatic nitrogens is 2. The van der Waals surface area contributed by atoms with Gasteiger partial charge in [-0.3, -0.25) is 10.3 Å². The molecular weight excluding hydrogens is 320 g/mol. The summed E-state index contributed by atoms with van der Waals surface area (Å²) < 4.78 is 0. The average Bonchev–Trinajstić information content (AvgIpc) is 2.60. The third-order valence-corrected chi connectivity index (χ3v) is 5.67. The van der Waals surface area contributed by atoms with Crippen molar-refractivity contribution in [2.75, 3.05) is 18.4 Å². The van der Waals surface area contributed by atoms with Gasteiger partial charge in [-0.1, -0.05) is 17.8 Å². The number of amidine groups is 1. The molecule has 2 aromatic rings. The van der Waals surface area contributed by atoms with E-state index in [0.717, 1.165) is 49.0 Å². The van der Waals surface area contributed by atoms with Gasteiger partial charge in [0.15, 0.2) is 5.82 Å². The Kier molecular flexibility index (Phi) is 4.12. The summed E-state index contributed by atoms with van der Waals surface area (Å²) >= 11 is 1.65. The van der Waals surface area contributed by atoms with Crippen LogP contribution in [-0.2, 0) is 6.54 Å². The monoisotopic (exact) mass is 340 g/mol. The van der Waals surface area contributed by atoms with Gasteiger partial charge in [-0.15, -0.1) is 0 Å². The molecule has 4 rings (SSSR count). The highest BCUT2D eigenvalue weighted by Crippen LogP contribution is 2.42. The lowest BCUT2D eigenvalue weighted by atomic mass is 9.95. The predicted octanol–water partition coefficient (Wildman–Crippen LogP) is 2.83. The predicted molar refractivity (Wildman–Crippen MR) is 95.8 cm³/mol. The van der Waals surface area contributed by atoms with Crippen LogP contribution in [0.5, 0.6) is 0 Å². The van der Waals surface area contributed by atoms with E-state index in [0.29, 0.717) is 5.84 Å². The van der Waals surface area contributed by atoms with E-state index in [1.165, 1.54) is 10.5 Å². The third-order valence-electron chi connectivity index (χ3n) is 4.60. The molecule has 0 radical (unpaired) electrons. The van der Waals surface area contributed by atoms with Gasteiger partial charge in [0.1, 0.15) is 5.03 Å². The van der Waals surface area contributed by atoms with Crippen LogP contribution in [0.2, 0.25) is 0 Å². The number of hydrogen-bond donors (Lipinski definition) is 3. The first-order valence-corrected chi connectivity index (χ1v) is 8.96. The molecule has 0 atom stereocenters. The summed E-state index contributed by atoms with van der Waals surface area (Å²) in [6.07, 6.45) is 5.40. The van der Waals surface area contributed by atoms with Crippen LogP contribution in [0.1, 0.15) is 18.4 Å². The zero-order valence-electron chi connectivity index (χ0n) is 13.3. The fourth-order valence-corrected chi connectivity index (χ4v) is 4.12. The number of benzene rings is 1. The van der Waals surface area contributed by atoms with Gasteiger partial charge in [0.05, 0.1) is 11.5 Å². The number of rotatable bonds is 3. The number of nitrogens with two attached hydrogens (primary N) is 1. The first-order chi connectivity index (χ1) is 11.7. The van der Waals surface area contributed by atoms with E-state index in [9.17, 15) is 0 Å². The highest BCUT2D eigenvalue weighted by atomic mass is 32.2. The Bertz CT molecular complexity index is 769. The molecule has 2 aliphatic heterocycles. The summed E-state index contributed by atoms with van der Waals surface area (Å²) in [5.74, 6) is 1.43. The number of nitrogens with zero attached hydrogens (tertiary/aromatic N) is 3. The zero-order chi connectivity index (χ0) is 16.5. The molecule has 0 unspecified atom stereocenters. The van der Waals surface area contributed by atoms with Crippen molar-refractivity contribution in [1.29, 1.82) is 5.41 Å². The summed E-state index contributed by atoms with van der Waals surface area (Å²) in [4.78, 5) is 12.3. The lowest BCUT2D eigenvalue weighted by molar-refractivity contribution is 0.201. The van der Waals surface area contributed by atoms with Crippen LogP contribution in [0, 0.1) is 11.3 Å². The minimum atomic E-state index is 0.262. The van der Waals surface area contributed by atoms with E-state index in [1.807, 2.05) is 0 Å². The quantitative estimate of drug-likeness (QED) is 0.502. The minimum absolute atomic E-state index is 0.262. The van der Waals surface area contributed by atoms with E-state index in [-0.39, 0.29) is 5.92 Å². The maximum Gasteiger partial charge on any atom is 0.163 e. The third kappa shape index (κ3) is 3.09. The molecule has 0 spiro atoms. The fourth-order valence-electron chi connectivity index (χ4n) is 3.24. The number of likely N-dealkylation sites (tertiary alicyclic amines) is 1. The maximum atomic E-state index is 7.58. The second kappa shape index (κ2) is 6.41. The first-order valence-electron chi connectivity index (χ1n) is 8.14. The molecule has 1 aromatic carbocycles. The Morgan fingerprint density at radius 3 is 2.88 bits per heavy atom. The Morgan fingerprint density at radius 2 is 2.08 bits per heavy atom. The molecule has 7 heteroatoms. The van der Waals surface area contributed by atoms with Crippen molar-refractivity contribution in [2.24, 2.45) is 11.7 Å².